The van der Waals surface area contributed by atoms with Gasteiger partial charge in [-0.2, -0.15) is 0 Å². The number of hydrogen-bond acceptors (Lipinski definition) is 6. The zero-order chi connectivity index (χ0) is 13.6. The van der Waals surface area contributed by atoms with Gasteiger partial charge in [-0.3, -0.25) is 19.7 Å². The van der Waals surface area contributed by atoms with Gasteiger partial charge in [-0.05, 0) is 24.2 Å². The third-order valence-electron chi connectivity index (χ3n) is 3.69. The quantitative estimate of drug-likeness (QED) is 0.467. The smallest absolute Gasteiger partial charge is 0.274 e. The SMILES string of the molecule is O=C1C2CCCCC2C(=O)N1c1ncc([N+](=O)[O-])s1. The number of fused-ring (bicyclic) bond motifs is 1. The van der Waals surface area contributed by atoms with Crippen LogP contribution in [0.3, 0.4) is 0 Å². The van der Waals surface area contributed by atoms with Crippen molar-refractivity contribution in [2.75, 3.05) is 4.90 Å². The van der Waals surface area contributed by atoms with E-state index in [0.717, 1.165) is 48.1 Å². The second kappa shape index (κ2) is 4.37. The van der Waals surface area contributed by atoms with Gasteiger partial charge >= 0.3 is 5.00 Å². The summed E-state index contributed by atoms with van der Waals surface area (Å²) in [7, 11) is 0. The first-order chi connectivity index (χ1) is 9.09. The highest BCUT2D eigenvalue weighted by Crippen LogP contribution is 2.41. The van der Waals surface area contributed by atoms with E-state index in [1.807, 2.05) is 0 Å². The zero-order valence-electron chi connectivity index (χ0n) is 9.94. The Morgan fingerprint density at radius 2 is 1.84 bits per heavy atom. The van der Waals surface area contributed by atoms with Crippen LogP contribution in [0.1, 0.15) is 25.7 Å². The number of carbonyl (C=O) groups excluding carboxylic acids is 2. The standard InChI is InChI=1S/C11H11N3O4S/c15-9-6-3-1-2-4-7(6)10(16)13(9)11-12-5-8(19-11)14(17)18/h5-7H,1-4H2. The van der Waals surface area contributed by atoms with E-state index in [1.165, 1.54) is 0 Å². The van der Waals surface area contributed by atoms with Gasteiger partial charge in [0.15, 0.2) is 0 Å². The summed E-state index contributed by atoms with van der Waals surface area (Å²) in [5, 5.41) is 10.6. The molecule has 0 aromatic carbocycles. The Morgan fingerprint density at radius 3 is 2.32 bits per heavy atom. The molecule has 2 heterocycles. The van der Waals surface area contributed by atoms with Gasteiger partial charge in [0.1, 0.15) is 6.20 Å². The van der Waals surface area contributed by atoms with Gasteiger partial charge in [-0.15, -0.1) is 0 Å². The lowest BCUT2D eigenvalue weighted by atomic mass is 9.81. The molecule has 0 radical (unpaired) electrons. The highest BCUT2D eigenvalue weighted by molar-refractivity contribution is 7.19. The lowest BCUT2D eigenvalue weighted by Crippen LogP contribution is -2.30. The lowest BCUT2D eigenvalue weighted by Gasteiger charge is -2.19. The minimum Gasteiger partial charge on any atom is -0.274 e. The average molecular weight is 281 g/mol. The van der Waals surface area contributed by atoms with Crippen LogP contribution in [0, 0.1) is 22.0 Å². The number of aromatic nitrogens is 1. The fourth-order valence-electron chi connectivity index (χ4n) is 2.80. The summed E-state index contributed by atoms with van der Waals surface area (Å²) >= 11 is 0.765. The molecule has 2 fully saturated rings. The van der Waals surface area contributed by atoms with Crippen molar-refractivity contribution in [2.24, 2.45) is 11.8 Å². The number of anilines is 1. The molecule has 2 amide bonds. The Morgan fingerprint density at radius 1 is 1.26 bits per heavy atom. The summed E-state index contributed by atoms with van der Waals surface area (Å²) in [6.45, 7) is 0. The fourth-order valence-corrected chi connectivity index (χ4v) is 3.54. The number of amides is 2. The van der Waals surface area contributed by atoms with Crippen LogP contribution in [0.2, 0.25) is 0 Å². The number of carbonyl (C=O) groups is 2. The molecule has 2 atom stereocenters. The molecule has 19 heavy (non-hydrogen) atoms. The molecule has 2 aliphatic rings. The summed E-state index contributed by atoms with van der Waals surface area (Å²) < 4.78 is 0. The number of nitrogens with zero attached hydrogens (tertiary/aromatic N) is 3. The van der Waals surface area contributed by atoms with Crippen molar-refractivity contribution in [3.05, 3.63) is 16.3 Å². The van der Waals surface area contributed by atoms with Crippen LogP contribution in [-0.4, -0.2) is 21.7 Å². The molecular formula is C11H11N3O4S. The first-order valence-corrected chi connectivity index (χ1v) is 6.89. The Balaban J connectivity index is 1.93. The fraction of sp³-hybridized carbons (Fsp3) is 0.545. The van der Waals surface area contributed by atoms with Gasteiger partial charge in [0.05, 0.1) is 16.8 Å². The topological polar surface area (TPSA) is 93.4 Å². The molecule has 1 saturated carbocycles. The van der Waals surface area contributed by atoms with Crippen molar-refractivity contribution in [3.63, 3.8) is 0 Å². The molecule has 0 bridgehead atoms. The normalized spacial score (nSPS) is 26.6. The maximum atomic E-state index is 12.2. The minimum absolute atomic E-state index is 0.121. The van der Waals surface area contributed by atoms with Crippen LogP contribution >= 0.6 is 11.3 Å². The number of rotatable bonds is 2. The third kappa shape index (κ3) is 1.83. The predicted octanol–water partition coefficient (Wildman–Crippen LogP) is 1.73. The predicted molar refractivity (Wildman–Crippen MR) is 66.7 cm³/mol. The molecule has 8 heteroatoms. The van der Waals surface area contributed by atoms with Crippen molar-refractivity contribution in [1.82, 2.24) is 4.98 Å². The molecule has 1 aromatic rings. The average Bonchev–Trinajstić information content (AvgIpc) is 2.96. The van der Waals surface area contributed by atoms with E-state index in [2.05, 4.69) is 4.98 Å². The molecule has 2 unspecified atom stereocenters. The van der Waals surface area contributed by atoms with Crippen LogP contribution < -0.4 is 4.90 Å². The van der Waals surface area contributed by atoms with Crippen LogP contribution in [0.5, 0.6) is 0 Å². The van der Waals surface area contributed by atoms with Crippen LogP contribution in [0.15, 0.2) is 6.20 Å². The zero-order valence-corrected chi connectivity index (χ0v) is 10.8. The van der Waals surface area contributed by atoms with E-state index in [0.29, 0.717) is 0 Å². The Bertz CT molecular complexity index is 546. The first kappa shape index (κ1) is 12.2. The monoisotopic (exact) mass is 281 g/mol. The first-order valence-electron chi connectivity index (χ1n) is 6.07. The summed E-state index contributed by atoms with van der Waals surface area (Å²) in [5.74, 6) is -1.02. The number of thiazole rings is 1. The Hall–Kier alpha value is -1.83. The van der Waals surface area contributed by atoms with Crippen molar-refractivity contribution in [1.29, 1.82) is 0 Å². The van der Waals surface area contributed by atoms with E-state index in [1.54, 1.807) is 0 Å². The molecule has 7 nitrogen and oxygen atoms in total. The van der Waals surface area contributed by atoms with Crippen molar-refractivity contribution in [2.45, 2.75) is 25.7 Å². The van der Waals surface area contributed by atoms with Gasteiger partial charge in [0.2, 0.25) is 16.9 Å². The van der Waals surface area contributed by atoms with E-state index in [4.69, 9.17) is 0 Å². The maximum Gasteiger partial charge on any atom is 0.345 e. The van der Waals surface area contributed by atoms with E-state index < -0.39 is 4.92 Å². The number of nitro groups is 1. The molecule has 1 aliphatic heterocycles. The molecule has 1 aromatic heterocycles. The van der Waals surface area contributed by atoms with E-state index in [9.17, 15) is 19.7 Å². The largest absolute Gasteiger partial charge is 0.345 e. The van der Waals surface area contributed by atoms with Crippen molar-refractivity contribution in [3.8, 4) is 0 Å². The minimum atomic E-state index is -0.570. The maximum absolute atomic E-state index is 12.2. The molecule has 3 rings (SSSR count). The molecule has 100 valence electrons. The molecule has 0 N–H and O–H groups in total. The molecular weight excluding hydrogens is 270 g/mol. The molecule has 0 spiro atoms. The Labute approximate surface area is 112 Å². The van der Waals surface area contributed by atoms with Crippen LogP contribution in [-0.2, 0) is 9.59 Å². The highest BCUT2D eigenvalue weighted by Gasteiger charge is 2.49. The third-order valence-corrected chi connectivity index (χ3v) is 4.63. The van der Waals surface area contributed by atoms with Gasteiger partial charge in [-0.1, -0.05) is 12.8 Å². The van der Waals surface area contributed by atoms with Crippen molar-refractivity contribution >= 4 is 33.3 Å². The van der Waals surface area contributed by atoms with E-state index >= 15 is 0 Å². The summed E-state index contributed by atoms with van der Waals surface area (Å²) in [4.78, 5) is 39.4. The second-order valence-electron chi connectivity index (χ2n) is 4.75. The van der Waals surface area contributed by atoms with Gasteiger partial charge in [0, 0.05) is 0 Å². The summed E-state index contributed by atoms with van der Waals surface area (Å²) in [6.07, 6.45) is 4.43. The van der Waals surface area contributed by atoms with E-state index in [-0.39, 0.29) is 33.8 Å². The molecule has 1 aliphatic carbocycles. The summed E-state index contributed by atoms with van der Waals surface area (Å²) in [5.41, 5.74) is 0. The summed E-state index contributed by atoms with van der Waals surface area (Å²) in [6, 6.07) is 0. The van der Waals surface area contributed by atoms with Crippen LogP contribution in [0.4, 0.5) is 10.1 Å². The lowest BCUT2D eigenvalue weighted by molar-refractivity contribution is -0.380. The van der Waals surface area contributed by atoms with Gasteiger partial charge < -0.3 is 0 Å². The second-order valence-corrected chi connectivity index (χ2v) is 5.74. The van der Waals surface area contributed by atoms with Gasteiger partial charge in [-0.25, -0.2) is 9.88 Å². The van der Waals surface area contributed by atoms with Crippen molar-refractivity contribution < 1.29 is 14.5 Å². The molecule has 1 saturated heterocycles. The number of imide groups is 1. The van der Waals surface area contributed by atoms with Crippen LogP contribution in [0.25, 0.3) is 0 Å². The highest BCUT2D eigenvalue weighted by atomic mass is 32.1. The Kier molecular flexibility index (Phi) is 2.81. The number of hydrogen-bond donors (Lipinski definition) is 0. The van der Waals surface area contributed by atoms with Gasteiger partial charge in [0.25, 0.3) is 0 Å².